The molecule has 1 N–H and O–H groups in total. The number of nitrogens with one attached hydrogen (secondary N) is 1. The number of rotatable bonds is 6. The molecule has 4 aromatic rings. The Kier molecular flexibility index (Phi) is 4.56. The van der Waals surface area contributed by atoms with E-state index in [0.717, 1.165) is 28.8 Å². The van der Waals surface area contributed by atoms with Crippen LogP contribution in [-0.2, 0) is 13.0 Å². The number of fused-ring (bicyclic) bond motifs is 1. The quantitative estimate of drug-likeness (QED) is 0.515. The second-order valence-electron chi connectivity index (χ2n) is 6.45. The fraction of sp³-hybridized carbons (Fsp3) is 0.136. The average Bonchev–Trinajstić information content (AvgIpc) is 3.16. The number of aryl methyl sites for hydroxylation is 1. The lowest BCUT2D eigenvalue weighted by Crippen LogP contribution is -2.07. The van der Waals surface area contributed by atoms with E-state index < -0.39 is 0 Å². The van der Waals surface area contributed by atoms with Crippen molar-refractivity contribution in [1.82, 2.24) is 14.8 Å². The van der Waals surface area contributed by atoms with Gasteiger partial charge in [0.2, 0.25) is 0 Å². The highest BCUT2D eigenvalue weighted by Crippen LogP contribution is 2.23. The lowest BCUT2D eigenvalue weighted by Gasteiger charge is -2.05. The molecule has 0 aliphatic heterocycles. The summed E-state index contributed by atoms with van der Waals surface area (Å²) in [7, 11) is 0. The van der Waals surface area contributed by atoms with Crippen LogP contribution in [0.2, 0.25) is 0 Å². The molecule has 128 valence electrons. The molecule has 0 saturated carbocycles. The van der Waals surface area contributed by atoms with Crippen LogP contribution in [0.3, 0.4) is 0 Å². The molecule has 26 heavy (non-hydrogen) atoms. The zero-order valence-electron chi connectivity index (χ0n) is 14.5. The van der Waals surface area contributed by atoms with E-state index in [4.69, 9.17) is 5.41 Å². The molecule has 0 spiro atoms. The Morgan fingerprint density at radius 1 is 0.923 bits per heavy atom. The number of hydrogen-bond donors (Lipinski definition) is 1. The lowest BCUT2D eigenvalue weighted by atomic mass is 10.1. The Morgan fingerprint density at radius 3 is 2.69 bits per heavy atom. The maximum atomic E-state index is 8.19. The molecule has 2 aromatic carbocycles. The second-order valence-corrected chi connectivity index (χ2v) is 6.45. The van der Waals surface area contributed by atoms with Crippen molar-refractivity contribution in [1.29, 1.82) is 5.41 Å². The Hall–Kier alpha value is -3.27. The predicted molar refractivity (Wildman–Crippen MR) is 105 cm³/mol. The van der Waals surface area contributed by atoms with Gasteiger partial charge < -0.3 is 5.41 Å². The van der Waals surface area contributed by atoms with Crippen molar-refractivity contribution in [2.45, 2.75) is 19.4 Å². The molecule has 4 heteroatoms. The maximum Gasteiger partial charge on any atom is 0.0568 e. The van der Waals surface area contributed by atoms with E-state index in [-0.39, 0.29) is 0 Å². The highest BCUT2D eigenvalue weighted by Gasteiger charge is 2.05. The predicted octanol–water partition coefficient (Wildman–Crippen LogP) is 4.75. The number of nitrogens with zero attached hydrogens (tertiary/aromatic N) is 3. The molecule has 0 saturated heterocycles. The fourth-order valence-corrected chi connectivity index (χ4v) is 3.08. The van der Waals surface area contributed by atoms with Crippen LogP contribution in [0.25, 0.3) is 21.9 Å². The topological polar surface area (TPSA) is 54.6 Å². The van der Waals surface area contributed by atoms with Gasteiger partial charge in [0.25, 0.3) is 0 Å². The highest BCUT2D eigenvalue weighted by atomic mass is 15.3. The first-order valence-electron chi connectivity index (χ1n) is 8.75. The van der Waals surface area contributed by atoms with Gasteiger partial charge in [-0.25, -0.2) is 0 Å². The van der Waals surface area contributed by atoms with Gasteiger partial charge in [0.05, 0.1) is 6.20 Å². The van der Waals surface area contributed by atoms with Crippen LogP contribution in [0.4, 0.5) is 0 Å². The van der Waals surface area contributed by atoms with Gasteiger partial charge >= 0.3 is 0 Å². The summed E-state index contributed by atoms with van der Waals surface area (Å²) in [5.74, 6) is 0. The van der Waals surface area contributed by atoms with Gasteiger partial charge in [-0.15, -0.1) is 0 Å². The third-order valence-corrected chi connectivity index (χ3v) is 4.51. The summed E-state index contributed by atoms with van der Waals surface area (Å²) < 4.78 is 1.92. The van der Waals surface area contributed by atoms with Gasteiger partial charge in [-0.1, -0.05) is 42.5 Å². The van der Waals surface area contributed by atoms with E-state index >= 15 is 0 Å². The van der Waals surface area contributed by atoms with Gasteiger partial charge in [-0.05, 0) is 28.6 Å². The van der Waals surface area contributed by atoms with Crippen molar-refractivity contribution in [3.63, 3.8) is 0 Å². The summed E-state index contributed by atoms with van der Waals surface area (Å²) in [6.07, 6.45) is 9.04. The van der Waals surface area contributed by atoms with Crippen molar-refractivity contribution in [2.24, 2.45) is 0 Å². The minimum absolute atomic E-state index is 0.702. The normalized spacial score (nSPS) is 10.9. The highest BCUT2D eigenvalue weighted by molar-refractivity contribution is 5.86. The number of aromatic nitrogens is 3. The van der Waals surface area contributed by atoms with Crippen LogP contribution in [0.15, 0.2) is 79.4 Å². The van der Waals surface area contributed by atoms with Crippen LogP contribution in [0.5, 0.6) is 0 Å². The molecule has 0 fully saturated rings. The first kappa shape index (κ1) is 16.2. The molecular weight excluding hydrogens is 320 g/mol. The largest absolute Gasteiger partial charge is 0.309 e. The molecule has 0 aliphatic carbocycles. The Labute approximate surface area is 152 Å². The molecule has 0 unspecified atom stereocenters. The van der Waals surface area contributed by atoms with E-state index in [1.807, 2.05) is 47.5 Å². The summed E-state index contributed by atoms with van der Waals surface area (Å²) in [6.45, 7) is 0.725. The summed E-state index contributed by atoms with van der Waals surface area (Å²) in [5, 5.41) is 15.0. The zero-order chi connectivity index (χ0) is 17.8. The summed E-state index contributed by atoms with van der Waals surface area (Å²) >= 11 is 0. The molecule has 0 radical (unpaired) electrons. The molecular formula is C22H20N4. The number of hydrogen-bond acceptors (Lipinski definition) is 3. The van der Waals surface area contributed by atoms with Crippen molar-refractivity contribution >= 4 is 16.5 Å². The van der Waals surface area contributed by atoms with Gasteiger partial charge in [0, 0.05) is 54.6 Å². The van der Waals surface area contributed by atoms with E-state index in [2.05, 4.69) is 46.6 Å². The fourth-order valence-electron chi connectivity index (χ4n) is 3.08. The SMILES string of the molecule is N=C(CCn1cc(-c2ccc3cnccc3c2)cn1)Cc1ccccc1. The van der Waals surface area contributed by atoms with Crippen LogP contribution < -0.4 is 0 Å². The Morgan fingerprint density at radius 2 is 1.81 bits per heavy atom. The molecule has 2 aromatic heterocycles. The standard InChI is InChI=1S/C22H20N4/c23-22(12-17-4-2-1-3-5-17)9-11-26-16-21(15-25-26)18-6-7-20-14-24-10-8-19(20)13-18/h1-8,10,13-16,23H,9,11-12H2. The molecule has 0 aliphatic rings. The van der Waals surface area contributed by atoms with E-state index in [0.29, 0.717) is 12.8 Å². The molecule has 0 bridgehead atoms. The smallest absolute Gasteiger partial charge is 0.0568 e. The zero-order valence-corrected chi connectivity index (χ0v) is 14.5. The van der Waals surface area contributed by atoms with E-state index in [1.165, 1.54) is 10.9 Å². The van der Waals surface area contributed by atoms with Gasteiger partial charge in [0.1, 0.15) is 0 Å². The monoisotopic (exact) mass is 340 g/mol. The van der Waals surface area contributed by atoms with Crippen LogP contribution >= 0.6 is 0 Å². The molecule has 4 nitrogen and oxygen atoms in total. The number of benzene rings is 2. The molecule has 4 rings (SSSR count). The Balaban J connectivity index is 1.41. The molecule has 0 atom stereocenters. The van der Waals surface area contributed by atoms with Crippen LogP contribution in [-0.4, -0.2) is 20.5 Å². The van der Waals surface area contributed by atoms with Crippen molar-refractivity contribution in [3.05, 3.63) is 84.9 Å². The summed E-state index contributed by atoms with van der Waals surface area (Å²) in [5.41, 5.74) is 4.16. The number of pyridine rings is 1. The summed E-state index contributed by atoms with van der Waals surface area (Å²) in [4.78, 5) is 4.15. The van der Waals surface area contributed by atoms with Crippen molar-refractivity contribution in [2.75, 3.05) is 0 Å². The van der Waals surface area contributed by atoms with E-state index in [9.17, 15) is 0 Å². The van der Waals surface area contributed by atoms with Crippen LogP contribution in [0.1, 0.15) is 12.0 Å². The maximum absolute atomic E-state index is 8.19. The minimum Gasteiger partial charge on any atom is -0.309 e. The van der Waals surface area contributed by atoms with Crippen molar-refractivity contribution in [3.8, 4) is 11.1 Å². The average molecular weight is 340 g/mol. The van der Waals surface area contributed by atoms with Gasteiger partial charge in [0.15, 0.2) is 0 Å². The first-order valence-corrected chi connectivity index (χ1v) is 8.75. The molecule has 0 amide bonds. The Bertz CT molecular complexity index is 1030. The van der Waals surface area contributed by atoms with Crippen LogP contribution in [0, 0.1) is 5.41 Å². The lowest BCUT2D eigenvalue weighted by molar-refractivity contribution is 0.631. The van der Waals surface area contributed by atoms with Gasteiger partial charge in [-0.3, -0.25) is 9.67 Å². The third-order valence-electron chi connectivity index (χ3n) is 4.51. The minimum atomic E-state index is 0.702. The van der Waals surface area contributed by atoms with E-state index in [1.54, 1.807) is 0 Å². The summed E-state index contributed by atoms with van der Waals surface area (Å²) in [6, 6.07) is 18.5. The third kappa shape index (κ3) is 3.70. The first-order chi connectivity index (χ1) is 12.8. The second kappa shape index (κ2) is 7.31. The van der Waals surface area contributed by atoms with Crippen molar-refractivity contribution < 1.29 is 0 Å². The molecule has 2 heterocycles. The van der Waals surface area contributed by atoms with Gasteiger partial charge in [-0.2, -0.15) is 5.10 Å².